The molecule has 1 aliphatic rings. The molecule has 4 heteroatoms. The molecule has 3 N–H and O–H groups in total. The highest BCUT2D eigenvalue weighted by atomic mass is 16.5. The van der Waals surface area contributed by atoms with E-state index in [9.17, 15) is 5.11 Å². The third kappa shape index (κ3) is 4.03. The van der Waals surface area contributed by atoms with E-state index in [1.165, 1.54) is 0 Å². The Balaban J connectivity index is 1.55. The lowest BCUT2D eigenvalue weighted by Crippen LogP contribution is -2.48. The minimum Gasteiger partial charge on any atom is -0.489 e. The first-order valence-corrected chi connectivity index (χ1v) is 8.13. The van der Waals surface area contributed by atoms with Crippen molar-refractivity contribution in [2.24, 2.45) is 5.73 Å². The van der Waals surface area contributed by atoms with Gasteiger partial charge >= 0.3 is 0 Å². The molecule has 0 unspecified atom stereocenters. The number of ether oxygens (including phenoxy) is 1. The number of hydrogen-bond acceptors (Lipinski definition) is 4. The molecule has 1 aliphatic heterocycles. The van der Waals surface area contributed by atoms with Crippen molar-refractivity contribution in [3.8, 4) is 5.75 Å². The Hall–Kier alpha value is -2.04. The summed E-state index contributed by atoms with van der Waals surface area (Å²) in [6.45, 7) is 2.58. The van der Waals surface area contributed by atoms with E-state index in [1.54, 1.807) is 0 Å². The summed E-state index contributed by atoms with van der Waals surface area (Å²) < 4.78 is 5.81. The highest BCUT2D eigenvalue weighted by Crippen LogP contribution is 2.27. The van der Waals surface area contributed by atoms with E-state index < -0.39 is 5.60 Å². The maximum atomic E-state index is 10.2. The summed E-state index contributed by atoms with van der Waals surface area (Å²) in [6, 6.07) is 18.3. The van der Waals surface area contributed by atoms with Gasteiger partial charge in [-0.1, -0.05) is 30.3 Å². The van der Waals surface area contributed by atoms with Crippen LogP contribution in [0.4, 0.5) is 5.69 Å². The van der Waals surface area contributed by atoms with Crippen LogP contribution in [0.15, 0.2) is 54.6 Å². The summed E-state index contributed by atoms with van der Waals surface area (Å²) in [4.78, 5) is 2.28. The molecule has 0 atom stereocenters. The van der Waals surface area contributed by atoms with E-state index in [0.717, 1.165) is 42.9 Å². The highest BCUT2D eigenvalue weighted by molar-refractivity contribution is 5.49. The molecule has 1 fully saturated rings. The van der Waals surface area contributed by atoms with Crippen LogP contribution in [0.1, 0.15) is 18.4 Å². The summed E-state index contributed by atoms with van der Waals surface area (Å²) in [6.07, 6.45) is 1.44. The third-order valence-electron chi connectivity index (χ3n) is 4.52. The number of anilines is 1. The van der Waals surface area contributed by atoms with Gasteiger partial charge in [0.25, 0.3) is 0 Å². The SMILES string of the molecule is NCC1(O)CCN(c2ccc(OCc3ccccc3)cc2)CC1. The zero-order chi connectivity index (χ0) is 16.1. The zero-order valence-electron chi connectivity index (χ0n) is 13.3. The van der Waals surface area contributed by atoms with Crippen LogP contribution in [0, 0.1) is 0 Å². The lowest BCUT2D eigenvalue weighted by Gasteiger charge is -2.38. The summed E-state index contributed by atoms with van der Waals surface area (Å²) in [5, 5.41) is 10.2. The lowest BCUT2D eigenvalue weighted by molar-refractivity contribution is 0.0250. The predicted molar refractivity (Wildman–Crippen MR) is 92.7 cm³/mol. The van der Waals surface area contributed by atoms with Crippen LogP contribution < -0.4 is 15.4 Å². The monoisotopic (exact) mass is 312 g/mol. The maximum Gasteiger partial charge on any atom is 0.119 e. The standard InChI is InChI=1S/C19H24N2O2/c20-15-19(22)10-12-21(13-11-19)17-6-8-18(9-7-17)23-14-16-4-2-1-3-5-16/h1-9,22H,10-15,20H2. The van der Waals surface area contributed by atoms with Gasteiger partial charge in [0.1, 0.15) is 12.4 Å². The van der Waals surface area contributed by atoms with Gasteiger partial charge in [0, 0.05) is 25.3 Å². The van der Waals surface area contributed by atoms with E-state index in [2.05, 4.69) is 29.2 Å². The van der Waals surface area contributed by atoms with Crippen molar-refractivity contribution in [3.05, 3.63) is 60.2 Å². The molecule has 0 aliphatic carbocycles. The van der Waals surface area contributed by atoms with Gasteiger partial charge in [-0.2, -0.15) is 0 Å². The number of benzene rings is 2. The summed E-state index contributed by atoms with van der Waals surface area (Å²) in [7, 11) is 0. The van der Waals surface area contributed by atoms with E-state index in [-0.39, 0.29) is 0 Å². The molecule has 2 aromatic carbocycles. The van der Waals surface area contributed by atoms with Crippen LogP contribution in [0.25, 0.3) is 0 Å². The summed E-state index contributed by atoms with van der Waals surface area (Å²) >= 11 is 0. The minimum absolute atomic E-state index is 0.340. The molecule has 23 heavy (non-hydrogen) atoms. The molecule has 0 spiro atoms. The Morgan fingerprint density at radius 1 is 1.00 bits per heavy atom. The number of nitrogens with zero attached hydrogens (tertiary/aromatic N) is 1. The fraction of sp³-hybridized carbons (Fsp3) is 0.368. The molecular formula is C19H24N2O2. The smallest absolute Gasteiger partial charge is 0.119 e. The number of hydrogen-bond donors (Lipinski definition) is 2. The van der Waals surface area contributed by atoms with Gasteiger partial charge in [-0.25, -0.2) is 0 Å². The molecule has 0 bridgehead atoms. The first kappa shape index (κ1) is 15.8. The van der Waals surface area contributed by atoms with E-state index >= 15 is 0 Å². The fourth-order valence-corrected chi connectivity index (χ4v) is 2.88. The molecule has 0 radical (unpaired) electrons. The quantitative estimate of drug-likeness (QED) is 0.891. The van der Waals surface area contributed by atoms with Crippen LogP contribution in [-0.2, 0) is 6.61 Å². The fourth-order valence-electron chi connectivity index (χ4n) is 2.88. The van der Waals surface area contributed by atoms with E-state index in [1.807, 2.05) is 30.3 Å². The van der Waals surface area contributed by atoms with Crippen molar-refractivity contribution in [2.75, 3.05) is 24.5 Å². The largest absolute Gasteiger partial charge is 0.489 e. The van der Waals surface area contributed by atoms with Crippen molar-refractivity contribution in [2.45, 2.75) is 25.0 Å². The molecular weight excluding hydrogens is 288 g/mol. The Morgan fingerprint density at radius 3 is 2.26 bits per heavy atom. The topological polar surface area (TPSA) is 58.7 Å². The van der Waals surface area contributed by atoms with Crippen LogP contribution in [0.3, 0.4) is 0 Å². The molecule has 1 saturated heterocycles. The third-order valence-corrected chi connectivity index (χ3v) is 4.52. The first-order valence-electron chi connectivity index (χ1n) is 8.13. The van der Waals surface area contributed by atoms with Gasteiger partial charge in [0.2, 0.25) is 0 Å². The van der Waals surface area contributed by atoms with Crippen molar-refractivity contribution in [1.29, 1.82) is 0 Å². The average Bonchev–Trinajstić information content (AvgIpc) is 2.62. The highest BCUT2D eigenvalue weighted by Gasteiger charge is 2.30. The minimum atomic E-state index is -0.685. The first-order chi connectivity index (χ1) is 11.2. The Kier molecular flexibility index (Phi) is 4.84. The molecule has 4 nitrogen and oxygen atoms in total. The van der Waals surface area contributed by atoms with E-state index in [0.29, 0.717) is 13.2 Å². The maximum absolute atomic E-state index is 10.2. The van der Waals surface area contributed by atoms with Gasteiger partial charge in [-0.3, -0.25) is 0 Å². The molecule has 2 aromatic rings. The molecule has 0 aromatic heterocycles. The van der Waals surface area contributed by atoms with Crippen LogP contribution in [-0.4, -0.2) is 30.3 Å². The molecule has 1 heterocycles. The Labute approximate surface area is 137 Å². The van der Waals surface area contributed by atoms with Crippen molar-refractivity contribution in [3.63, 3.8) is 0 Å². The summed E-state index contributed by atoms with van der Waals surface area (Å²) in [5.41, 5.74) is 7.28. The number of rotatable bonds is 5. The Bertz CT molecular complexity index is 605. The number of aliphatic hydroxyl groups is 1. The van der Waals surface area contributed by atoms with Gasteiger partial charge in [0.05, 0.1) is 5.60 Å². The summed E-state index contributed by atoms with van der Waals surface area (Å²) in [5.74, 6) is 0.869. The lowest BCUT2D eigenvalue weighted by atomic mass is 9.91. The van der Waals surface area contributed by atoms with Crippen molar-refractivity contribution < 1.29 is 9.84 Å². The van der Waals surface area contributed by atoms with Crippen molar-refractivity contribution >= 4 is 5.69 Å². The second kappa shape index (κ2) is 7.02. The second-order valence-electron chi connectivity index (χ2n) is 6.18. The number of piperidine rings is 1. The normalized spacial score (nSPS) is 17.0. The zero-order valence-corrected chi connectivity index (χ0v) is 13.3. The van der Waals surface area contributed by atoms with Crippen LogP contribution in [0.2, 0.25) is 0 Å². The average molecular weight is 312 g/mol. The molecule has 0 amide bonds. The van der Waals surface area contributed by atoms with Crippen LogP contribution in [0.5, 0.6) is 5.75 Å². The number of nitrogens with two attached hydrogens (primary N) is 1. The molecule has 3 rings (SSSR count). The predicted octanol–water partition coefficient (Wildman–Crippen LogP) is 2.56. The second-order valence-corrected chi connectivity index (χ2v) is 6.18. The van der Waals surface area contributed by atoms with Gasteiger partial charge < -0.3 is 20.5 Å². The van der Waals surface area contributed by atoms with Gasteiger partial charge in [-0.15, -0.1) is 0 Å². The molecule has 122 valence electrons. The Morgan fingerprint density at radius 2 is 1.65 bits per heavy atom. The van der Waals surface area contributed by atoms with Gasteiger partial charge in [-0.05, 0) is 42.7 Å². The van der Waals surface area contributed by atoms with Crippen LogP contribution >= 0.6 is 0 Å². The van der Waals surface area contributed by atoms with E-state index in [4.69, 9.17) is 10.5 Å². The van der Waals surface area contributed by atoms with Crippen molar-refractivity contribution in [1.82, 2.24) is 0 Å². The molecule has 0 saturated carbocycles. The van der Waals surface area contributed by atoms with Gasteiger partial charge in [0.15, 0.2) is 0 Å².